The van der Waals surface area contributed by atoms with Gasteiger partial charge in [-0.1, -0.05) is 50.1 Å². The highest BCUT2D eigenvalue weighted by Crippen LogP contribution is 2.29. The van der Waals surface area contributed by atoms with Crippen molar-refractivity contribution in [1.82, 2.24) is 9.96 Å². The van der Waals surface area contributed by atoms with Crippen molar-refractivity contribution in [1.29, 1.82) is 0 Å². The number of carbonyl (C=O) groups excluding carboxylic acids is 1. The van der Waals surface area contributed by atoms with E-state index in [-0.39, 0.29) is 18.1 Å². The van der Waals surface area contributed by atoms with E-state index >= 15 is 0 Å². The van der Waals surface area contributed by atoms with Crippen LogP contribution in [0.5, 0.6) is 0 Å². The summed E-state index contributed by atoms with van der Waals surface area (Å²) in [6, 6.07) is 10.1. The Kier molecular flexibility index (Phi) is 4.56. The van der Waals surface area contributed by atoms with Gasteiger partial charge >= 0.3 is 0 Å². The van der Waals surface area contributed by atoms with Crippen molar-refractivity contribution in [2.24, 2.45) is 0 Å². The molecule has 21 heavy (non-hydrogen) atoms. The maximum absolute atomic E-state index is 12.6. The molecule has 2 fully saturated rings. The number of hydrogen-bond acceptors (Lipinski definition) is 3. The molecule has 2 aliphatic rings. The third-order valence-corrected chi connectivity index (χ3v) is 4.40. The third-order valence-electron chi connectivity index (χ3n) is 4.40. The first-order valence-corrected chi connectivity index (χ1v) is 8.04. The largest absolute Gasteiger partial charge is 0.336 e. The Morgan fingerprint density at radius 3 is 2.81 bits per heavy atom. The summed E-state index contributed by atoms with van der Waals surface area (Å²) in [7, 11) is 0. The molecule has 1 amide bonds. The first kappa shape index (κ1) is 14.5. The molecule has 2 aliphatic heterocycles. The van der Waals surface area contributed by atoms with E-state index in [0.29, 0.717) is 6.54 Å². The monoisotopic (exact) mass is 288 g/mol. The summed E-state index contributed by atoms with van der Waals surface area (Å²) in [5, 5.41) is 1.92. The molecule has 0 aromatic heterocycles. The predicted octanol–water partition coefficient (Wildman–Crippen LogP) is 2.59. The van der Waals surface area contributed by atoms with Crippen molar-refractivity contribution in [2.75, 3.05) is 13.1 Å². The van der Waals surface area contributed by atoms with Crippen LogP contribution in [0.4, 0.5) is 0 Å². The van der Waals surface area contributed by atoms with Crippen LogP contribution < -0.4 is 0 Å². The van der Waals surface area contributed by atoms with E-state index in [9.17, 15) is 4.79 Å². The Balaban J connectivity index is 1.60. The number of unbranched alkanes of at least 4 members (excludes halogenated alkanes) is 1. The molecule has 0 bridgehead atoms. The third kappa shape index (κ3) is 3.27. The van der Waals surface area contributed by atoms with Gasteiger partial charge in [-0.3, -0.25) is 9.63 Å². The van der Waals surface area contributed by atoms with Gasteiger partial charge < -0.3 is 4.90 Å². The number of hydrogen-bond donors (Lipinski definition) is 0. The molecule has 2 saturated heterocycles. The zero-order valence-electron chi connectivity index (χ0n) is 12.7. The van der Waals surface area contributed by atoms with Gasteiger partial charge in [0.05, 0.1) is 6.10 Å². The highest BCUT2D eigenvalue weighted by atomic mass is 16.7. The molecular weight excluding hydrogens is 264 g/mol. The average molecular weight is 288 g/mol. The number of fused-ring (bicyclic) bond motifs is 1. The van der Waals surface area contributed by atoms with E-state index in [1.54, 1.807) is 0 Å². The van der Waals surface area contributed by atoms with Gasteiger partial charge in [0.15, 0.2) is 0 Å². The van der Waals surface area contributed by atoms with Crippen molar-refractivity contribution in [3.05, 3.63) is 35.9 Å². The molecule has 114 valence electrons. The Morgan fingerprint density at radius 2 is 2.05 bits per heavy atom. The van der Waals surface area contributed by atoms with Gasteiger partial charge in [-0.15, -0.1) is 0 Å². The lowest BCUT2D eigenvalue weighted by Gasteiger charge is -2.35. The number of hydroxylamine groups is 2. The van der Waals surface area contributed by atoms with Gasteiger partial charge in [0.25, 0.3) is 0 Å². The van der Waals surface area contributed by atoms with Gasteiger partial charge in [0.1, 0.15) is 6.04 Å². The van der Waals surface area contributed by atoms with E-state index < -0.39 is 0 Å². The van der Waals surface area contributed by atoms with Crippen molar-refractivity contribution < 1.29 is 9.63 Å². The molecule has 0 unspecified atom stereocenters. The predicted molar refractivity (Wildman–Crippen MR) is 81.4 cm³/mol. The molecule has 0 N–H and O–H groups in total. The van der Waals surface area contributed by atoms with Crippen molar-refractivity contribution in [3.8, 4) is 0 Å². The van der Waals surface area contributed by atoms with Crippen LogP contribution in [0.25, 0.3) is 0 Å². The summed E-state index contributed by atoms with van der Waals surface area (Å²) in [4.78, 5) is 20.5. The summed E-state index contributed by atoms with van der Waals surface area (Å²) in [6.45, 7) is 4.48. The van der Waals surface area contributed by atoms with Crippen LogP contribution in [0.15, 0.2) is 30.3 Å². The molecule has 3 rings (SSSR count). The number of benzene rings is 1. The molecule has 1 aromatic carbocycles. The van der Waals surface area contributed by atoms with Gasteiger partial charge in [0.2, 0.25) is 5.91 Å². The fourth-order valence-corrected chi connectivity index (χ4v) is 3.21. The van der Waals surface area contributed by atoms with Crippen molar-refractivity contribution >= 4 is 5.91 Å². The fraction of sp³-hybridized carbons (Fsp3) is 0.588. The summed E-state index contributed by atoms with van der Waals surface area (Å²) < 4.78 is 0. The lowest BCUT2D eigenvalue weighted by molar-refractivity contribution is -0.190. The maximum atomic E-state index is 12.6. The van der Waals surface area contributed by atoms with Crippen molar-refractivity contribution in [2.45, 2.75) is 51.3 Å². The molecular formula is C17H24N2O2. The van der Waals surface area contributed by atoms with Crippen LogP contribution in [0.2, 0.25) is 0 Å². The highest BCUT2D eigenvalue weighted by Gasteiger charge is 2.42. The van der Waals surface area contributed by atoms with Crippen LogP contribution >= 0.6 is 0 Å². The Morgan fingerprint density at radius 1 is 1.24 bits per heavy atom. The minimum atomic E-state index is -0.0654. The van der Waals surface area contributed by atoms with Crippen LogP contribution in [0.3, 0.4) is 0 Å². The SMILES string of the molecule is CCCC[C@@H]1C[C@H]2C(=O)N(Cc3ccccc3)CCN2O1. The molecule has 1 aromatic rings. The van der Waals surface area contributed by atoms with E-state index in [1.165, 1.54) is 18.4 Å². The van der Waals surface area contributed by atoms with E-state index in [0.717, 1.165) is 25.9 Å². The number of carbonyl (C=O) groups is 1. The Labute approximate surface area is 126 Å². The number of amides is 1. The first-order chi connectivity index (χ1) is 10.3. The summed E-state index contributed by atoms with van der Waals surface area (Å²) in [6.07, 6.45) is 4.50. The molecule has 2 atom stereocenters. The lowest BCUT2D eigenvalue weighted by atomic mass is 10.0. The Bertz CT molecular complexity index is 477. The van der Waals surface area contributed by atoms with Crippen LogP contribution in [-0.2, 0) is 16.2 Å². The van der Waals surface area contributed by atoms with Crippen LogP contribution in [-0.4, -0.2) is 41.1 Å². The smallest absolute Gasteiger partial charge is 0.242 e. The van der Waals surface area contributed by atoms with Crippen LogP contribution in [0.1, 0.15) is 38.2 Å². The molecule has 0 spiro atoms. The fourth-order valence-electron chi connectivity index (χ4n) is 3.21. The van der Waals surface area contributed by atoms with E-state index in [2.05, 4.69) is 19.1 Å². The average Bonchev–Trinajstić information content (AvgIpc) is 2.93. The second kappa shape index (κ2) is 6.58. The van der Waals surface area contributed by atoms with Crippen molar-refractivity contribution in [3.63, 3.8) is 0 Å². The standard InChI is InChI=1S/C17H24N2O2/c1-2-3-9-15-12-16-17(20)18(10-11-19(16)21-15)13-14-7-5-4-6-8-14/h4-8,15-16H,2-3,9-13H2,1H3/t15-,16+/m1/s1. The van der Waals surface area contributed by atoms with Gasteiger partial charge in [-0.05, 0) is 12.0 Å². The van der Waals surface area contributed by atoms with Gasteiger partial charge in [-0.2, -0.15) is 5.06 Å². The van der Waals surface area contributed by atoms with Gasteiger partial charge in [-0.25, -0.2) is 0 Å². The lowest BCUT2D eigenvalue weighted by Crippen LogP contribution is -2.53. The van der Waals surface area contributed by atoms with Crippen LogP contribution in [0, 0.1) is 0 Å². The van der Waals surface area contributed by atoms with E-state index in [1.807, 2.05) is 28.2 Å². The minimum Gasteiger partial charge on any atom is -0.336 e. The topological polar surface area (TPSA) is 32.8 Å². The van der Waals surface area contributed by atoms with E-state index in [4.69, 9.17) is 4.84 Å². The summed E-state index contributed by atoms with van der Waals surface area (Å²) in [5.74, 6) is 0.226. The summed E-state index contributed by atoms with van der Waals surface area (Å²) in [5.41, 5.74) is 1.20. The first-order valence-electron chi connectivity index (χ1n) is 8.04. The summed E-state index contributed by atoms with van der Waals surface area (Å²) >= 11 is 0. The number of rotatable bonds is 5. The highest BCUT2D eigenvalue weighted by molar-refractivity contribution is 5.82. The Hall–Kier alpha value is -1.39. The van der Waals surface area contributed by atoms with Gasteiger partial charge in [0, 0.05) is 26.1 Å². The quantitative estimate of drug-likeness (QED) is 0.835. The zero-order chi connectivity index (χ0) is 14.7. The molecule has 0 aliphatic carbocycles. The second-order valence-electron chi connectivity index (χ2n) is 6.01. The number of nitrogens with zero attached hydrogens (tertiary/aromatic N) is 2. The molecule has 4 heteroatoms. The molecule has 4 nitrogen and oxygen atoms in total. The minimum absolute atomic E-state index is 0.0654. The molecule has 2 heterocycles. The number of piperazine rings is 1. The zero-order valence-corrected chi connectivity index (χ0v) is 12.7. The maximum Gasteiger partial charge on any atom is 0.242 e. The normalized spacial score (nSPS) is 26.1. The molecule has 0 radical (unpaired) electrons. The second-order valence-corrected chi connectivity index (χ2v) is 6.01. The molecule has 0 saturated carbocycles.